The van der Waals surface area contributed by atoms with E-state index >= 15 is 0 Å². The molecule has 0 bridgehead atoms. The Hall–Kier alpha value is -0.0800. The van der Waals surface area contributed by atoms with Crippen LogP contribution in [0.3, 0.4) is 0 Å². The van der Waals surface area contributed by atoms with Crippen molar-refractivity contribution in [2.45, 2.75) is 13.3 Å². The van der Waals surface area contributed by atoms with Gasteiger partial charge in [0.05, 0.1) is 11.2 Å². The molecule has 0 saturated carbocycles. The van der Waals surface area contributed by atoms with Crippen LogP contribution in [0, 0.1) is 6.92 Å². The molecule has 3 heteroatoms. The summed E-state index contributed by atoms with van der Waals surface area (Å²) in [4.78, 5) is 4.09. The van der Waals surface area contributed by atoms with Crippen LogP contribution in [0.4, 0.5) is 0 Å². The molecule has 1 rings (SSSR count). The van der Waals surface area contributed by atoms with E-state index in [9.17, 15) is 0 Å². The second-order valence-corrected chi connectivity index (χ2v) is 2.53. The first kappa shape index (κ1) is 3.35. The zero-order valence-electron chi connectivity index (χ0n) is 8.81. The van der Waals surface area contributed by atoms with Gasteiger partial charge in [-0.25, -0.2) is 4.98 Å². The largest absolute Gasteiger partial charge is 0.250 e. The minimum absolute atomic E-state index is 0.243. The van der Waals surface area contributed by atoms with Gasteiger partial charge in [0.25, 0.3) is 0 Å². The number of thiazole rings is 1. The molecule has 1 aromatic rings. The first-order chi connectivity index (χ1) is 5.77. The average Bonchev–Trinajstić information content (AvgIpc) is 2.32. The molecule has 0 atom stereocenters. The van der Waals surface area contributed by atoms with Crippen molar-refractivity contribution in [3.05, 3.63) is 16.1 Å². The quantitative estimate of drug-likeness (QED) is 0.613. The van der Waals surface area contributed by atoms with Gasteiger partial charge >= 0.3 is 0 Å². The van der Waals surface area contributed by atoms with Gasteiger partial charge in [0.1, 0.15) is 0 Å². The van der Waals surface area contributed by atoms with E-state index in [-0.39, 0.29) is 4.88 Å². The highest BCUT2D eigenvalue weighted by molar-refractivity contribution is 7.09. The van der Waals surface area contributed by atoms with Gasteiger partial charge in [0.2, 0.25) is 0 Å². The molecule has 0 aliphatic rings. The van der Waals surface area contributed by atoms with E-state index < -0.39 is 12.2 Å². The molecule has 0 amide bonds. The minimum atomic E-state index is -2.41. The highest BCUT2D eigenvalue weighted by atomic mass is 35.5. The van der Waals surface area contributed by atoms with Crippen molar-refractivity contribution in [1.82, 2.24) is 4.98 Å². The van der Waals surface area contributed by atoms with Gasteiger partial charge < -0.3 is 0 Å². The summed E-state index contributed by atoms with van der Waals surface area (Å²) >= 11 is 6.40. The minimum Gasteiger partial charge on any atom is -0.250 e. The van der Waals surface area contributed by atoms with Crippen LogP contribution in [-0.2, 0) is 6.37 Å². The van der Waals surface area contributed by atoms with Gasteiger partial charge in [-0.15, -0.1) is 22.9 Å². The Morgan fingerprint density at radius 2 is 2.78 bits per heavy atom. The molecule has 9 heavy (non-hydrogen) atoms. The van der Waals surface area contributed by atoms with Crippen LogP contribution in [0.25, 0.3) is 0 Å². The molecule has 0 fully saturated rings. The molecule has 0 N–H and O–H groups in total. The van der Waals surface area contributed by atoms with Crippen molar-refractivity contribution in [1.29, 1.82) is 0 Å². The average molecular weight is 166 g/mol. The Morgan fingerprint density at radius 3 is 3.22 bits per heavy atom. The standard InChI is InChI=1S/C6H8ClNS/c1-5-6(2-3-7)9-4-8-5/h4H,2-3H2,1H3/i2D2,3D2. The highest BCUT2D eigenvalue weighted by Gasteiger charge is 1.97. The van der Waals surface area contributed by atoms with Crippen LogP contribution in [0.2, 0.25) is 0 Å². The van der Waals surface area contributed by atoms with Crippen molar-refractivity contribution < 1.29 is 5.48 Å². The first-order valence-electron chi connectivity index (χ1n) is 4.36. The molecule has 1 nitrogen and oxygen atoms in total. The third kappa shape index (κ3) is 1.66. The van der Waals surface area contributed by atoms with Crippen LogP contribution < -0.4 is 0 Å². The molecular formula is C6H8ClNS. The number of aryl methyl sites for hydroxylation is 2. The van der Waals surface area contributed by atoms with Crippen molar-refractivity contribution in [2.75, 3.05) is 5.83 Å². The van der Waals surface area contributed by atoms with Gasteiger partial charge in [0, 0.05) is 16.2 Å². The fraction of sp³-hybridized carbons (Fsp3) is 0.500. The van der Waals surface area contributed by atoms with Gasteiger partial charge in [-0.1, -0.05) is 0 Å². The number of halogens is 1. The smallest absolute Gasteiger partial charge is 0.0797 e. The Labute approximate surface area is 69.3 Å². The molecule has 0 saturated heterocycles. The predicted molar refractivity (Wildman–Crippen MR) is 41.3 cm³/mol. The number of rotatable bonds is 2. The van der Waals surface area contributed by atoms with Gasteiger partial charge in [-0.3, -0.25) is 0 Å². The number of nitrogens with zero attached hydrogens (tertiary/aromatic N) is 1. The Balaban J connectivity index is 3.15. The van der Waals surface area contributed by atoms with E-state index in [0.29, 0.717) is 5.69 Å². The monoisotopic (exact) mass is 165 g/mol. The number of hydrogen-bond donors (Lipinski definition) is 0. The maximum atomic E-state index is 7.51. The lowest BCUT2D eigenvalue weighted by atomic mass is 10.3. The van der Waals surface area contributed by atoms with Crippen LogP contribution in [0.5, 0.6) is 0 Å². The number of alkyl halides is 1. The molecule has 0 spiro atoms. The van der Waals surface area contributed by atoms with Crippen molar-refractivity contribution in [3.63, 3.8) is 0 Å². The second-order valence-electron chi connectivity index (χ2n) is 1.49. The molecule has 50 valence electrons. The Morgan fingerprint density at radius 1 is 2.00 bits per heavy atom. The van der Waals surface area contributed by atoms with Crippen molar-refractivity contribution >= 4 is 22.9 Å². The highest BCUT2D eigenvalue weighted by Crippen LogP contribution is 2.12. The number of hydrogen-bond acceptors (Lipinski definition) is 2. The molecule has 0 radical (unpaired) electrons. The summed E-state index contributed by atoms with van der Waals surface area (Å²) in [7, 11) is 0. The van der Waals surface area contributed by atoms with Crippen LogP contribution in [0.1, 0.15) is 16.1 Å². The summed E-state index contributed by atoms with van der Waals surface area (Å²) in [6.07, 6.45) is -2.19. The first-order valence-corrected chi connectivity index (χ1v) is 3.62. The summed E-state index contributed by atoms with van der Waals surface area (Å²) in [5.74, 6) is -2.41. The van der Waals surface area contributed by atoms with Gasteiger partial charge in [-0.05, 0) is 13.3 Å². The van der Waals surface area contributed by atoms with Crippen molar-refractivity contribution in [2.24, 2.45) is 0 Å². The second kappa shape index (κ2) is 3.18. The van der Waals surface area contributed by atoms with Gasteiger partial charge in [0.15, 0.2) is 0 Å². The summed E-state index contributed by atoms with van der Waals surface area (Å²) in [5, 5.41) is 0. The fourth-order valence-electron chi connectivity index (χ4n) is 0.465. The van der Waals surface area contributed by atoms with Crippen LogP contribution in [-0.4, -0.2) is 10.8 Å². The molecule has 1 heterocycles. The third-order valence-electron chi connectivity index (χ3n) is 0.906. The maximum Gasteiger partial charge on any atom is 0.0797 e. The lowest BCUT2D eigenvalue weighted by Crippen LogP contribution is -1.83. The fourth-order valence-corrected chi connectivity index (χ4v) is 1.26. The summed E-state index contributed by atoms with van der Waals surface area (Å²) < 4.78 is 29.3. The van der Waals surface area contributed by atoms with E-state index in [1.807, 2.05) is 0 Å². The SMILES string of the molecule is [2H]C([2H])(Cl)C([2H])([2H])c1scnc1C. The third-order valence-corrected chi connectivity index (χ3v) is 1.84. The van der Waals surface area contributed by atoms with Gasteiger partial charge in [-0.2, -0.15) is 0 Å². The lowest BCUT2D eigenvalue weighted by Gasteiger charge is -1.89. The lowest BCUT2D eigenvalue weighted by molar-refractivity contribution is 1.12. The Kier molecular flexibility index (Phi) is 1.18. The molecule has 0 aliphatic heterocycles. The van der Waals surface area contributed by atoms with E-state index in [0.717, 1.165) is 11.3 Å². The van der Waals surface area contributed by atoms with E-state index in [4.69, 9.17) is 17.1 Å². The van der Waals surface area contributed by atoms with E-state index in [1.165, 1.54) is 5.51 Å². The molecule has 0 aromatic carbocycles. The zero-order valence-corrected chi connectivity index (χ0v) is 6.38. The van der Waals surface area contributed by atoms with Crippen molar-refractivity contribution in [3.8, 4) is 0 Å². The molecule has 1 aromatic heterocycles. The molecule has 0 unspecified atom stereocenters. The van der Waals surface area contributed by atoms with Crippen LogP contribution >= 0.6 is 22.9 Å². The summed E-state index contributed by atoms with van der Waals surface area (Å²) in [6.45, 7) is 1.63. The topological polar surface area (TPSA) is 12.9 Å². The van der Waals surface area contributed by atoms with Crippen LogP contribution in [0.15, 0.2) is 5.51 Å². The predicted octanol–water partition coefficient (Wildman–Crippen LogP) is 2.23. The molecular weight excluding hydrogens is 154 g/mol. The summed E-state index contributed by atoms with van der Waals surface area (Å²) in [5.41, 5.74) is 1.96. The molecule has 0 aliphatic carbocycles. The normalized spacial score (nSPS) is 19.8. The van der Waals surface area contributed by atoms with E-state index in [2.05, 4.69) is 4.98 Å². The number of aromatic nitrogens is 1. The van der Waals surface area contributed by atoms with E-state index in [1.54, 1.807) is 6.92 Å². The summed E-state index contributed by atoms with van der Waals surface area (Å²) in [6, 6.07) is 0. The zero-order chi connectivity index (χ0) is 10.3. The maximum absolute atomic E-state index is 7.51. The Bertz CT molecular complexity index is 306.